The number of nitrogens with zero attached hydrogens (tertiary/aromatic N) is 3. The van der Waals surface area contributed by atoms with E-state index in [2.05, 4.69) is 44.2 Å². The molecular weight excluding hydrogens is 565 g/mol. The minimum Gasteiger partial charge on any atom is -0.369 e. The fourth-order valence-corrected chi connectivity index (χ4v) is 6.40. The van der Waals surface area contributed by atoms with E-state index in [1.807, 2.05) is 30.5 Å². The lowest BCUT2D eigenvalue weighted by molar-refractivity contribution is 0.0953. The molecule has 8 nitrogen and oxygen atoms in total. The van der Waals surface area contributed by atoms with Gasteiger partial charge in [0.15, 0.2) is 9.84 Å². The third kappa shape index (κ3) is 8.09. The topological polar surface area (TPSA) is 98.4 Å². The van der Waals surface area contributed by atoms with Crippen LogP contribution in [0.1, 0.15) is 39.0 Å². The molecule has 1 aromatic heterocycles. The average Bonchev–Trinajstić information content (AvgIpc) is 3.53. The van der Waals surface area contributed by atoms with E-state index in [-0.39, 0.29) is 27.9 Å². The molecule has 1 amide bonds. The smallest absolute Gasteiger partial charge is 0.251 e. The van der Waals surface area contributed by atoms with Gasteiger partial charge in [-0.15, -0.1) is 0 Å². The molecule has 0 bridgehead atoms. The number of benzene rings is 3. The summed E-state index contributed by atoms with van der Waals surface area (Å²) in [5.41, 5.74) is 3.83. The monoisotopic (exact) mass is 599 g/mol. The summed E-state index contributed by atoms with van der Waals surface area (Å²) in [6, 6.07) is 17.7. The maximum Gasteiger partial charge on any atom is 0.251 e. The van der Waals surface area contributed by atoms with Crippen LogP contribution in [-0.2, 0) is 22.0 Å². The second-order valence-electron chi connectivity index (χ2n) is 10.6. The van der Waals surface area contributed by atoms with E-state index in [4.69, 9.17) is 0 Å². The summed E-state index contributed by atoms with van der Waals surface area (Å²) < 4.78 is 40.7. The number of nitrogens with one attached hydrogen (secondary N) is 2. The Bertz CT molecular complexity index is 1700. The number of rotatable bonds is 9. The van der Waals surface area contributed by atoms with E-state index in [1.54, 1.807) is 6.20 Å². The molecule has 5 rings (SSSR count). The first-order valence-electron chi connectivity index (χ1n) is 14.2. The molecule has 0 radical (unpaired) electrons. The van der Waals surface area contributed by atoms with Crippen LogP contribution in [0.15, 0.2) is 84.0 Å². The third-order valence-electron chi connectivity index (χ3n) is 7.41. The second-order valence-corrected chi connectivity index (χ2v) is 12.6. The van der Waals surface area contributed by atoms with Crippen molar-refractivity contribution in [1.82, 2.24) is 20.4 Å². The summed E-state index contributed by atoms with van der Waals surface area (Å²) in [7, 11) is -1.71. The summed E-state index contributed by atoms with van der Waals surface area (Å²) in [5, 5.41) is 9.57. The van der Waals surface area contributed by atoms with Crippen LogP contribution in [0.3, 0.4) is 0 Å². The molecule has 10 heteroatoms. The van der Waals surface area contributed by atoms with Crippen LogP contribution in [0, 0.1) is 17.7 Å². The predicted molar refractivity (Wildman–Crippen MR) is 165 cm³/mol. The van der Waals surface area contributed by atoms with Crippen molar-refractivity contribution in [2.24, 2.45) is 0 Å². The Morgan fingerprint density at radius 1 is 0.977 bits per heavy atom. The maximum atomic E-state index is 13.7. The lowest BCUT2D eigenvalue weighted by Gasteiger charge is -2.34. The number of H-pyrrole nitrogens is 1. The highest BCUT2D eigenvalue weighted by molar-refractivity contribution is 7.90. The Balaban J connectivity index is 1.35. The van der Waals surface area contributed by atoms with Gasteiger partial charge in [-0.2, -0.15) is 5.10 Å². The molecule has 2 heterocycles. The average molecular weight is 600 g/mol. The minimum atomic E-state index is -3.81. The van der Waals surface area contributed by atoms with Crippen LogP contribution in [-0.4, -0.2) is 69.2 Å². The van der Waals surface area contributed by atoms with E-state index < -0.39 is 9.84 Å². The number of sulfone groups is 1. The molecule has 0 spiro atoms. The summed E-state index contributed by atoms with van der Waals surface area (Å²) in [4.78, 5) is 17.5. The molecule has 1 aliphatic rings. The van der Waals surface area contributed by atoms with Crippen molar-refractivity contribution in [2.45, 2.75) is 23.5 Å². The van der Waals surface area contributed by atoms with Crippen LogP contribution in [0.25, 0.3) is 0 Å². The van der Waals surface area contributed by atoms with Gasteiger partial charge in [0.25, 0.3) is 5.91 Å². The van der Waals surface area contributed by atoms with Gasteiger partial charge in [0, 0.05) is 61.3 Å². The number of piperazine rings is 1. The summed E-state index contributed by atoms with van der Waals surface area (Å²) in [6.45, 7) is 4.27. The normalized spacial score (nSPS) is 13.8. The minimum absolute atomic E-state index is 0.0433. The zero-order valence-electron chi connectivity index (χ0n) is 24.0. The highest BCUT2D eigenvalue weighted by Gasteiger charge is 2.21. The van der Waals surface area contributed by atoms with Crippen LogP contribution in [0.4, 0.5) is 10.1 Å². The van der Waals surface area contributed by atoms with E-state index >= 15 is 0 Å². The first-order valence-corrected chi connectivity index (χ1v) is 15.8. The molecule has 0 saturated carbocycles. The first kappa shape index (κ1) is 30.0. The maximum absolute atomic E-state index is 13.7. The van der Waals surface area contributed by atoms with Crippen LogP contribution in [0.5, 0.6) is 0 Å². The van der Waals surface area contributed by atoms with Crippen LogP contribution < -0.4 is 10.2 Å². The lowest BCUT2D eigenvalue weighted by atomic mass is 10.1. The molecule has 43 heavy (non-hydrogen) atoms. The Morgan fingerprint density at radius 3 is 2.42 bits per heavy atom. The number of hydrogen-bond donors (Lipinski definition) is 2. The number of carbonyl (C=O) groups is 1. The van der Waals surface area contributed by atoms with E-state index in [0.717, 1.165) is 50.3 Å². The van der Waals surface area contributed by atoms with Crippen molar-refractivity contribution in [2.75, 3.05) is 44.7 Å². The van der Waals surface area contributed by atoms with Gasteiger partial charge >= 0.3 is 0 Å². The molecule has 2 N–H and O–H groups in total. The van der Waals surface area contributed by atoms with Gasteiger partial charge < -0.3 is 15.1 Å². The first-order chi connectivity index (χ1) is 20.8. The van der Waals surface area contributed by atoms with Gasteiger partial charge in [-0.05, 0) is 85.6 Å². The Kier molecular flexibility index (Phi) is 9.55. The number of carbonyl (C=O) groups excluding carboxylic acids is 1. The number of hydrogen-bond acceptors (Lipinski definition) is 6. The Morgan fingerprint density at radius 2 is 1.72 bits per heavy atom. The summed E-state index contributed by atoms with van der Waals surface area (Å²) in [6.07, 6.45) is 5.05. The SMILES string of the molecule is CN1CCN(c2ccc(CS(=O)(=O)c3ccc(C(=O)NCCCc4cn[nH]c4)cc3C#Cc3ccc(F)cc3)cc2)CC1. The number of anilines is 1. The molecule has 1 aliphatic heterocycles. The lowest BCUT2D eigenvalue weighted by Crippen LogP contribution is -2.44. The number of aromatic amines is 1. The van der Waals surface area contributed by atoms with Gasteiger partial charge in [0.2, 0.25) is 0 Å². The quantitative estimate of drug-likeness (QED) is 0.223. The van der Waals surface area contributed by atoms with E-state index in [1.165, 1.54) is 42.5 Å². The fraction of sp³-hybridized carbons (Fsp3) is 0.273. The van der Waals surface area contributed by atoms with Gasteiger partial charge in [-0.1, -0.05) is 24.0 Å². The summed E-state index contributed by atoms with van der Waals surface area (Å²) >= 11 is 0. The van der Waals surface area contributed by atoms with Crippen molar-refractivity contribution in [3.8, 4) is 11.8 Å². The second kappa shape index (κ2) is 13.7. The third-order valence-corrected chi connectivity index (χ3v) is 9.15. The molecular formula is C33H34FN5O3S. The van der Waals surface area contributed by atoms with Gasteiger partial charge in [-0.25, -0.2) is 12.8 Å². The van der Waals surface area contributed by atoms with Gasteiger partial charge in [0.05, 0.1) is 16.8 Å². The summed E-state index contributed by atoms with van der Waals surface area (Å²) in [5.74, 6) is 4.92. The molecule has 0 atom stereocenters. The molecule has 222 valence electrons. The van der Waals surface area contributed by atoms with Crippen LogP contribution in [0.2, 0.25) is 0 Å². The number of amides is 1. The molecule has 1 saturated heterocycles. The highest BCUT2D eigenvalue weighted by Crippen LogP contribution is 2.24. The van der Waals surface area contributed by atoms with Crippen molar-refractivity contribution in [3.05, 3.63) is 113 Å². The van der Waals surface area contributed by atoms with Gasteiger partial charge in [0.1, 0.15) is 5.82 Å². The predicted octanol–water partition coefficient (Wildman–Crippen LogP) is 4.04. The fourth-order valence-electron chi connectivity index (χ4n) is 4.89. The highest BCUT2D eigenvalue weighted by atomic mass is 32.2. The van der Waals surface area contributed by atoms with E-state index in [0.29, 0.717) is 23.2 Å². The number of likely N-dealkylation sites (N-methyl/N-ethyl adjacent to an activating group) is 1. The van der Waals surface area contributed by atoms with Gasteiger partial charge in [-0.3, -0.25) is 9.89 Å². The largest absolute Gasteiger partial charge is 0.369 e. The van der Waals surface area contributed by atoms with E-state index in [9.17, 15) is 17.6 Å². The molecule has 1 fully saturated rings. The standard InChI is InChI=1S/C33H34FN5O3S/c1-38-17-19-39(20-18-38)31-13-7-26(8-14-31)24-43(41,42)32-15-10-29(33(40)35-16-2-3-27-22-36-37-23-27)21-28(32)9-4-25-5-11-30(34)12-6-25/h5-8,10-15,21-23H,2-3,16-20,24H2,1H3,(H,35,40)(H,36,37). The molecule has 4 aromatic rings. The zero-order valence-corrected chi connectivity index (χ0v) is 24.8. The van der Waals surface area contributed by atoms with Crippen molar-refractivity contribution in [3.63, 3.8) is 0 Å². The van der Waals surface area contributed by atoms with Crippen LogP contribution >= 0.6 is 0 Å². The van der Waals surface area contributed by atoms with Crippen molar-refractivity contribution < 1.29 is 17.6 Å². The molecule has 0 unspecified atom stereocenters. The van der Waals surface area contributed by atoms with Crippen molar-refractivity contribution >= 4 is 21.4 Å². The number of halogens is 1. The number of aryl methyl sites for hydroxylation is 1. The Labute approximate surface area is 251 Å². The van der Waals surface area contributed by atoms with Crippen molar-refractivity contribution in [1.29, 1.82) is 0 Å². The number of aromatic nitrogens is 2. The molecule has 0 aliphatic carbocycles. The Hall–Kier alpha value is -4.46. The molecule has 3 aromatic carbocycles. The zero-order chi connectivity index (χ0) is 30.2.